The molecule has 0 fully saturated rings. The van der Waals surface area contributed by atoms with Crippen molar-refractivity contribution in [1.82, 2.24) is 0 Å². The van der Waals surface area contributed by atoms with Gasteiger partial charge in [0.05, 0.1) is 0 Å². The predicted molar refractivity (Wildman–Crippen MR) is 79.5 cm³/mol. The van der Waals surface area contributed by atoms with Crippen LogP contribution in [0.2, 0.25) is 0 Å². The Morgan fingerprint density at radius 2 is 1.68 bits per heavy atom. The van der Waals surface area contributed by atoms with Crippen molar-refractivity contribution in [3.63, 3.8) is 0 Å². The monoisotopic (exact) mass is 254 g/mol. The minimum atomic E-state index is -0.0302. The second-order valence-electron chi connectivity index (χ2n) is 4.84. The SMILES string of the molecule is Cc1cc(C)cc(C(=O)N(C)c2cccc(N)c2)c1. The predicted octanol–water partition coefficient (Wildman–Crippen LogP) is 3.16. The molecular weight excluding hydrogens is 236 g/mol. The van der Waals surface area contributed by atoms with Crippen LogP contribution in [0.3, 0.4) is 0 Å². The number of hydrogen-bond donors (Lipinski definition) is 1. The highest BCUT2D eigenvalue weighted by molar-refractivity contribution is 6.06. The van der Waals surface area contributed by atoms with E-state index in [4.69, 9.17) is 5.73 Å². The van der Waals surface area contributed by atoms with Crippen molar-refractivity contribution in [1.29, 1.82) is 0 Å². The lowest BCUT2D eigenvalue weighted by Gasteiger charge is -2.18. The van der Waals surface area contributed by atoms with Gasteiger partial charge in [-0.2, -0.15) is 0 Å². The Morgan fingerprint density at radius 3 is 2.26 bits per heavy atom. The first-order valence-electron chi connectivity index (χ1n) is 6.19. The number of anilines is 2. The van der Waals surface area contributed by atoms with Crippen molar-refractivity contribution >= 4 is 17.3 Å². The van der Waals surface area contributed by atoms with E-state index in [1.165, 1.54) is 0 Å². The van der Waals surface area contributed by atoms with Crippen LogP contribution in [0.25, 0.3) is 0 Å². The zero-order valence-corrected chi connectivity index (χ0v) is 11.5. The van der Waals surface area contributed by atoms with Crippen molar-refractivity contribution < 1.29 is 4.79 Å². The van der Waals surface area contributed by atoms with E-state index in [1.807, 2.05) is 38.1 Å². The topological polar surface area (TPSA) is 46.3 Å². The van der Waals surface area contributed by atoms with Crippen LogP contribution in [0, 0.1) is 13.8 Å². The first kappa shape index (κ1) is 13.1. The number of carbonyl (C=O) groups excluding carboxylic acids is 1. The molecule has 19 heavy (non-hydrogen) atoms. The van der Waals surface area contributed by atoms with Gasteiger partial charge in [-0.3, -0.25) is 4.79 Å². The molecule has 0 aromatic heterocycles. The maximum Gasteiger partial charge on any atom is 0.258 e. The van der Waals surface area contributed by atoms with Crippen molar-refractivity contribution in [2.45, 2.75) is 13.8 Å². The zero-order valence-electron chi connectivity index (χ0n) is 11.5. The number of nitrogen functional groups attached to an aromatic ring is 1. The molecule has 0 atom stereocenters. The second-order valence-corrected chi connectivity index (χ2v) is 4.84. The van der Waals surface area contributed by atoms with Crippen LogP contribution in [0.15, 0.2) is 42.5 Å². The van der Waals surface area contributed by atoms with Gasteiger partial charge in [-0.1, -0.05) is 23.3 Å². The maximum atomic E-state index is 12.4. The first-order valence-corrected chi connectivity index (χ1v) is 6.19. The third kappa shape index (κ3) is 2.94. The highest BCUT2D eigenvalue weighted by Crippen LogP contribution is 2.19. The van der Waals surface area contributed by atoms with E-state index in [0.717, 1.165) is 16.8 Å². The molecule has 1 amide bonds. The van der Waals surface area contributed by atoms with Gasteiger partial charge in [0.1, 0.15) is 0 Å². The molecule has 3 nitrogen and oxygen atoms in total. The maximum absolute atomic E-state index is 12.4. The number of rotatable bonds is 2. The van der Waals surface area contributed by atoms with Crippen LogP contribution in [0.4, 0.5) is 11.4 Å². The van der Waals surface area contributed by atoms with Crippen molar-refractivity contribution in [2.75, 3.05) is 17.7 Å². The first-order chi connectivity index (χ1) is 8.97. The van der Waals surface area contributed by atoms with Gasteiger partial charge >= 0.3 is 0 Å². The van der Waals surface area contributed by atoms with Gasteiger partial charge in [-0.05, 0) is 44.2 Å². The lowest BCUT2D eigenvalue weighted by Crippen LogP contribution is -2.26. The molecule has 0 bridgehead atoms. The molecule has 0 unspecified atom stereocenters. The van der Waals surface area contributed by atoms with Gasteiger partial charge in [0.2, 0.25) is 0 Å². The van der Waals surface area contributed by atoms with E-state index in [2.05, 4.69) is 6.07 Å². The summed E-state index contributed by atoms with van der Waals surface area (Å²) in [7, 11) is 1.76. The van der Waals surface area contributed by atoms with Gasteiger partial charge in [0, 0.05) is 24.0 Å². The van der Waals surface area contributed by atoms with Gasteiger partial charge < -0.3 is 10.6 Å². The summed E-state index contributed by atoms with van der Waals surface area (Å²) in [5.41, 5.74) is 10.1. The smallest absolute Gasteiger partial charge is 0.258 e. The summed E-state index contributed by atoms with van der Waals surface area (Å²) in [6.45, 7) is 3.98. The Labute approximate surface area is 113 Å². The van der Waals surface area contributed by atoms with Crippen LogP contribution in [0.1, 0.15) is 21.5 Å². The highest BCUT2D eigenvalue weighted by atomic mass is 16.2. The molecule has 2 aromatic rings. The van der Waals surface area contributed by atoms with E-state index in [-0.39, 0.29) is 5.91 Å². The molecule has 2 rings (SSSR count). The van der Waals surface area contributed by atoms with Crippen LogP contribution >= 0.6 is 0 Å². The largest absolute Gasteiger partial charge is 0.399 e. The lowest BCUT2D eigenvalue weighted by atomic mass is 10.1. The number of nitrogens with two attached hydrogens (primary N) is 1. The molecule has 2 N–H and O–H groups in total. The van der Waals surface area contributed by atoms with Crippen LogP contribution in [-0.2, 0) is 0 Å². The number of amides is 1. The van der Waals surface area contributed by atoms with Gasteiger partial charge in [0.25, 0.3) is 5.91 Å². The molecule has 98 valence electrons. The summed E-state index contributed by atoms with van der Waals surface area (Å²) >= 11 is 0. The quantitative estimate of drug-likeness (QED) is 0.837. The van der Waals surface area contributed by atoms with Crippen LogP contribution in [-0.4, -0.2) is 13.0 Å². The fourth-order valence-electron chi connectivity index (χ4n) is 2.14. The molecule has 0 saturated carbocycles. The number of benzene rings is 2. The van der Waals surface area contributed by atoms with E-state index in [9.17, 15) is 4.79 Å². The number of hydrogen-bond acceptors (Lipinski definition) is 2. The van der Waals surface area contributed by atoms with Crippen LogP contribution in [0.5, 0.6) is 0 Å². The normalized spacial score (nSPS) is 10.3. The molecule has 0 spiro atoms. The van der Waals surface area contributed by atoms with E-state index in [0.29, 0.717) is 11.3 Å². The minimum Gasteiger partial charge on any atom is -0.399 e. The minimum absolute atomic E-state index is 0.0302. The van der Waals surface area contributed by atoms with Gasteiger partial charge in [0.15, 0.2) is 0 Å². The molecule has 0 radical (unpaired) electrons. The molecular formula is C16H18N2O. The Balaban J connectivity index is 2.33. The number of carbonyl (C=O) groups is 1. The summed E-state index contributed by atoms with van der Waals surface area (Å²) in [5.74, 6) is -0.0302. The lowest BCUT2D eigenvalue weighted by molar-refractivity contribution is 0.0993. The molecule has 0 aliphatic carbocycles. The summed E-state index contributed by atoms with van der Waals surface area (Å²) in [4.78, 5) is 14.1. The number of aryl methyl sites for hydroxylation is 2. The molecule has 2 aromatic carbocycles. The Bertz CT molecular complexity index is 600. The molecule has 3 heteroatoms. The van der Waals surface area contributed by atoms with E-state index < -0.39 is 0 Å². The molecule has 0 aliphatic rings. The number of nitrogens with zero attached hydrogens (tertiary/aromatic N) is 1. The van der Waals surface area contributed by atoms with Gasteiger partial charge in [-0.25, -0.2) is 0 Å². The van der Waals surface area contributed by atoms with Crippen molar-refractivity contribution in [3.05, 3.63) is 59.2 Å². The van der Waals surface area contributed by atoms with Crippen LogP contribution < -0.4 is 10.6 Å². The third-order valence-electron chi connectivity index (χ3n) is 3.03. The molecule has 0 saturated heterocycles. The third-order valence-corrected chi connectivity index (χ3v) is 3.03. The standard InChI is InChI=1S/C16H18N2O/c1-11-7-12(2)9-13(8-11)16(19)18(3)15-6-4-5-14(17)10-15/h4-10H,17H2,1-3H3. The Hall–Kier alpha value is -2.29. The second kappa shape index (κ2) is 5.14. The highest BCUT2D eigenvalue weighted by Gasteiger charge is 2.14. The molecule has 0 aliphatic heterocycles. The summed E-state index contributed by atoms with van der Waals surface area (Å²) in [5, 5.41) is 0. The fraction of sp³-hybridized carbons (Fsp3) is 0.188. The zero-order chi connectivity index (χ0) is 14.0. The Kier molecular flexibility index (Phi) is 3.56. The Morgan fingerprint density at radius 1 is 1.05 bits per heavy atom. The van der Waals surface area contributed by atoms with Crippen molar-refractivity contribution in [3.8, 4) is 0 Å². The summed E-state index contributed by atoms with van der Waals surface area (Å²) in [6.07, 6.45) is 0. The molecule has 0 heterocycles. The summed E-state index contributed by atoms with van der Waals surface area (Å²) in [6, 6.07) is 13.2. The van der Waals surface area contributed by atoms with Gasteiger partial charge in [-0.15, -0.1) is 0 Å². The fourth-order valence-corrected chi connectivity index (χ4v) is 2.14. The summed E-state index contributed by atoms with van der Waals surface area (Å²) < 4.78 is 0. The van der Waals surface area contributed by atoms with E-state index >= 15 is 0 Å². The van der Waals surface area contributed by atoms with E-state index in [1.54, 1.807) is 24.1 Å². The van der Waals surface area contributed by atoms with Crippen molar-refractivity contribution in [2.24, 2.45) is 0 Å². The average molecular weight is 254 g/mol. The average Bonchev–Trinajstić information content (AvgIpc) is 2.36.